The van der Waals surface area contributed by atoms with Crippen molar-refractivity contribution in [3.63, 3.8) is 0 Å². The molecule has 1 aliphatic carbocycles. The maximum absolute atomic E-state index is 8.97. The van der Waals surface area contributed by atoms with Crippen molar-refractivity contribution in [3.8, 4) is 0 Å². The van der Waals surface area contributed by atoms with Gasteiger partial charge in [0.25, 0.3) is 0 Å². The molecule has 0 aliphatic heterocycles. The minimum Gasteiger partial charge on any atom is -0.396 e. The summed E-state index contributed by atoms with van der Waals surface area (Å²) >= 11 is 0. The Labute approximate surface area is 87.9 Å². The molecule has 1 aliphatic rings. The first-order chi connectivity index (χ1) is 6.56. The van der Waals surface area contributed by atoms with Crippen LogP contribution in [0.15, 0.2) is 0 Å². The zero-order valence-corrected chi connectivity index (χ0v) is 9.63. The molecule has 84 valence electrons. The Kier molecular flexibility index (Phi) is 4.39. The Morgan fingerprint density at radius 2 is 2.21 bits per heavy atom. The molecule has 0 spiro atoms. The lowest BCUT2D eigenvalue weighted by Crippen LogP contribution is -2.45. The molecular weight excluding hydrogens is 174 g/mol. The van der Waals surface area contributed by atoms with E-state index in [4.69, 9.17) is 10.8 Å². The van der Waals surface area contributed by atoms with E-state index < -0.39 is 0 Å². The van der Waals surface area contributed by atoms with Gasteiger partial charge in [-0.2, -0.15) is 0 Å². The maximum atomic E-state index is 8.97. The molecule has 0 aromatic carbocycles. The minimum absolute atomic E-state index is 0.0629. The van der Waals surface area contributed by atoms with Gasteiger partial charge in [-0.25, -0.2) is 0 Å². The minimum atomic E-state index is -0.0629. The SMILES string of the molecule is CC(C)CC1CCCC(N)(CCO)C1. The van der Waals surface area contributed by atoms with Crippen molar-refractivity contribution in [2.24, 2.45) is 17.6 Å². The van der Waals surface area contributed by atoms with Crippen LogP contribution in [0.25, 0.3) is 0 Å². The molecule has 0 saturated heterocycles. The van der Waals surface area contributed by atoms with Crippen LogP contribution in [0.5, 0.6) is 0 Å². The van der Waals surface area contributed by atoms with E-state index in [1.165, 1.54) is 19.3 Å². The van der Waals surface area contributed by atoms with Crippen molar-refractivity contribution < 1.29 is 5.11 Å². The highest BCUT2D eigenvalue weighted by atomic mass is 16.3. The van der Waals surface area contributed by atoms with Crippen molar-refractivity contribution >= 4 is 0 Å². The number of rotatable bonds is 4. The Hall–Kier alpha value is -0.0800. The highest BCUT2D eigenvalue weighted by Gasteiger charge is 2.32. The van der Waals surface area contributed by atoms with Crippen LogP contribution < -0.4 is 5.73 Å². The molecule has 0 aromatic heterocycles. The molecule has 0 aromatic rings. The first kappa shape index (κ1) is 12.0. The summed E-state index contributed by atoms with van der Waals surface area (Å²) in [5.74, 6) is 1.57. The van der Waals surface area contributed by atoms with E-state index in [0.717, 1.165) is 31.1 Å². The van der Waals surface area contributed by atoms with Gasteiger partial charge in [0, 0.05) is 12.1 Å². The molecule has 2 heteroatoms. The van der Waals surface area contributed by atoms with Crippen LogP contribution in [-0.2, 0) is 0 Å². The van der Waals surface area contributed by atoms with E-state index in [1.807, 2.05) is 0 Å². The molecule has 1 saturated carbocycles. The van der Waals surface area contributed by atoms with Crippen LogP contribution >= 0.6 is 0 Å². The Bertz CT molecular complexity index is 166. The third-order valence-corrected chi connectivity index (χ3v) is 3.40. The standard InChI is InChI=1S/C12H25NO/c1-10(2)8-11-4-3-5-12(13,9-11)6-7-14/h10-11,14H,3-9,13H2,1-2H3. The van der Waals surface area contributed by atoms with Crippen molar-refractivity contribution in [1.82, 2.24) is 0 Å². The van der Waals surface area contributed by atoms with Crippen LogP contribution in [0.1, 0.15) is 52.4 Å². The van der Waals surface area contributed by atoms with Crippen LogP contribution in [-0.4, -0.2) is 17.3 Å². The van der Waals surface area contributed by atoms with E-state index in [-0.39, 0.29) is 12.1 Å². The van der Waals surface area contributed by atoms with E-state index in [0.29, 0.717) is 0 Å². The lowest BCUT2D eigenvalue weighted by molar-refractivity contribution is 0.158. The number of aliphatic hydroxyl groups is 1. The monoisotopic (exact) mass is 199 g/mol. The van der Waals surface area contributed by atoms with Crippen LogP contribution in [0.2, 0.25) is 0 Å². The predicted molar refractivity (Wildman–Crippen MR) is 60.0 cm³/mol. The summed E-state index contributed by atoms with van der Waals surface area (Å²) in [4.78, 5) is 0. The fourth-order valence-corrected chi connectivity index (χ4v) is 2.84. The van der Waals surface area contributed by atoms with Gasteiger partial charge in [-0.05, 0) is 37.5 Å². The molecular formula is C12H25NO. The predicted octanol–water partition coefficient (Wildman–Crippen LogP) is 2.30. The van der Waals surface area contributed by atoms with Gasteiger partial charge in [0.1, 0.15) is 0 Å². The van der Waals surface area contributed by atoms with Crippen molar-refractivity contribution in [3.05, 3.63) is 0 Å². The van der Waals surface area contributed by atoms with E-state index in [9.17, 15) is 0 Å². The Morgan fingerprint density at radius 3 is 2.79 bits per heavy atom. The lowest BCUT2D eigenvalue weighted by Gasteiger charge is -2.38. The normalized spacial score (nSPS) is 33.6. The fraction of sp³-hybridized carbons (Fsp3) is 1.00. The summed E-state index contributed by atoms with van der Waals surface area (Å²) in [5.41, 5.74) is 6.21. The second-order valence-corrected chi connectivity index (χ2v) is 5.43. The summed E-state index contributed by atoms with van der Waals surface area (Å²) < 4.78 is 0. The van der Waals surface area contributed by atoms with Crippen molar-refractivity contribution in [1.29, 1.82) is 0 Å². The molecule has 1 rings (SSSR count). The van der Waals surface area contributed by atoms with Gasteiger partial charge in [-0.1, -0.05) is 26.7 Å². The molecule has 0 heterocycles. The molecule has 1 fully saturated rings. The Balaban J connectivity index is 2.42. The average molecular weight is 199 g/mol. The van der Waals surface area contributed by atoms with Gasteiger partial charge in [0.05, 0.1) is 0 Å². The highest BCUT2D eigenvalue weighted by Crippen LogP contribution is 2.35. The summed E-state index contributed by atoms with van der Waals surface area (Å²) in [7, 11) is 0. The summed E-state index contributed by atoms with van der Waals surface area (Å²) in [6, 6.07) is 0. The summed E-state index contributed by atoms with van der Waals surface area (Å²) in [6.07, 6.45) is 6.87. The molecule has 0 amide bonds. The van der Waals surface area contributed by atoms with Gasteiger partial charge in [-0.3, -0.25) is 0 Å². The number of hydrogen-bond acceptors (Lipinski definition) is 2. The molecule has 2 atom stereocenters. The van der Waals surface area contributed by atoms with E-state index in [2.05, 4.69) is 13.8 Å². The summed E-state index contributed by atoms with van der Waals surface area (Å²) in [5, 5.41) is 8.97. The van der Waals surface area contributed by atoms with Gasteiger partial charge in [0.2, 0.25) is 0 Å². The molecule has 14 heavy (non-hydrogen) atoms. The number of aliphatic hydroxyl groups excluding tert-OH is 1. The van der Waals surface area contributed by atoms with Crippen LogP contribution in [0.3, 0.4) is 0 Å². The smallest absolute Gasteiger partial charge is 0.0448 e. The zero-order valence-electron chi connectivity index (χ0n) is 9.63. The average Bonchev–Trinajstić information content (AvgIpc) is 2.02. The zero-order chi connectivity index (χ0) is 10.6. The lowest BCUT2D eigenvalue weighted by atomic mass is 9.72. The molecule has 2 unspecified atom stereocenters. The third kappa shape index (κ3) is 3.58. The van der Waals surface area contributed by atoms with E-state index >= 15 is 0 Å². The first-order valence-corrected chi connectivity index (χ1v) is 5.95. The van der Waals surface area contributed by atoms with Crippen molar-refractivity contribution in [2.75, 3.05) is 6.61 Å². The van der Waals surface area contributed by atoms with Gasteiger partial charge < -0.3 is 10.8 Å². The fourth-order valence-electron chi connectivity index (χ4n) is 2.84. The largest absolute Gasteiger partial charge is 0.396 e. The van der Waals surface area contributed by atoms with Crippen LogP contribution in [0.4, 0.5) is 0 Å². The number of hydrogen-bond donors (Lipinski definition) is 2. The second-order valence-electron chi connectivity index (χ2n) is 5.43. The van der Waals surface area contributed by atoms with Gasteiger partial charge in [0.15, 0.2) is 0 Å². The van der Waals surface area contributed by atoms with E-state index in [1.54, 1.807) is 0 Å². The molecule has 2 nitrogen and oxygen atoms in total. The maximum Gasteiger partial charge on any atom is 0.0448 e. The van der Waals surface area contributed by atoms with Gasteiger partial charge >= 0.3 is 0 Å². The molecule has 0 radical (unpaired) electrons. The quantitative estimate of drug-likeness (QED) is 0.730. The molecule has 0 bridgehead atoms. The topological polar surface area (TPSA) is 46.2 Å². The second kappa shape index (κ2) is 5.13. The third-order valence-electron chi connectivity index (χ3n) is 3.40. The van der Waals surface area contributed by atoms with Gasteiger partial charge in [-0.15, -0.1) is 0 Å². The van der Waals surface area contributed by atoms with Crippen LogP contribution in [0, 0.1) is 11.8 Å². The number of nitrogens with two attached hydrogens (primary N) is 1. The first-order valence-electron chi connectivity index (χ1n) is 5.95. The highest BCUT2D eigenvalue weighted by molar-refractivity contribution is 4.90. The molecule has 3 N–H and O–H groups in total. The van der Waals surface area contributed by atoms with Crippen molar-refractivity contribution in [2.45, 2.75) is 57.9 Å². The summed E-state index contributed by atoms with van der Waals surface area (Å²) in [6.45, 7) is 4.79. The Morgan fingerprint density at radius 1 is 1.50 bits per heavy atom.